The van der Waals surface area contributed by atoms with Gasteiger partial charge in [-0.05, 0) is 55.6 Å². The second kappa shape index (κ2) is 11.6. The number of halogens is 3. The van der Waals surface area contributed by atoms with Crippen molar-refractivity contribution in [2.24, 2.45) is 0 Å². The summed E-state index contributed by atoms with van der Waals surface area (Å²) in [5, 5.41) is 7.99. The maximum absolute atomic E-state index is 12.8. The van der Waals surface area contributed by atoms with Crippen molar-refractivity contribution in [1.29, 1.82) is 0 Å². The predicted molar refractivity (Wildman–Crippen MR) is 125 cm³/mol. The highest BCUT2D eigenvalue weighted by atomic mass is 19.4. The van der Waals surface area contributed by atoms with Crippen LogP contribution in [0.2, 0.25) is 0 Å². The van der Waals surface area contributed by atoms with Gasteiger partial charge >= 0.3 is 12.2 Å². The van der Waals surface area contributed by atoms with E-state index in [0.717, 1.165) is 31.8 Å². The SMILES string of the molecule is CCN(CC)CCNC(=O)c1cc(NC(=O)Nc2ccc(C(F)(F)F)cc2)ccc1N(C)C. The summed E-state index contributed by atoms with van der Waals surface area (Å²) in [7, 11) is 3.62. The maximum atomic E-state index is 12.8. The highest BCUT2D eigenvalue weighted by Gasteiger charge is 2.30. The fraction of sp³-hybridized carbons (Fsp3) is 0.391. The predicted octanol–water partition coefficient (Wildman–Crippen LogP) is 4.49. The van der Waals surface area contributed by atoms with E-state index in [9.17, 15) is 22.8 Å². The number of likely N-dealkylation sites (N-methyl/N-ethyl adjacent to an activating group) is 1. The monoisotopic (exact) mass is 465 g/mol. The number of carbonyl (C=O) groups excluding carboxylic acids is 2. The van der Waals surface area contributed by atoms with Crippen LogP contribution in [0.4, 0.5) is 35.0 Å². The molecule has 7 nitrogen and oxygen atoms in total. The van der Waals surface area contributed by atoms with Gasteiger partial charge in [-0.15, -0.1) is 0 Å². The van der Waals surface area contributed by atoms with Crippen molar-refractivity contribution < 1.29 is 22.8 Å². The molecule has 0 radical (unpaired) electrons. The van der Waals surface area contributed by atoms with Gasteiger partial charge in [-0.25, -0.2) is 4.79 Å². The van der Waals surface area contributed by atoms with Crippen LogP contribution in [0.1, 0.15) is 29.8 Å². The fourth-order valence-corrected chi connectivity index (χ4v) is 3.18. The first-order chi connectivity index (χ1) is 15.5. The summed E-state index contributed by atoms with van der Waals surface area (Å²) < 4.78 is 38.0. The Balaban J connectivity index is 2.08. The van der Waals surface area contributed by atoms with Gasteiger partial charge in [0.15, 0.2) is 0 Å². The number of alkyl halides is 3. The van der Waals surface area contributed by atoms with Crippen molar-refractivity contribution in [2.75, 3.05) is 55.8 Å². The lowest BCUT2D eigenvalue weighted by atomic mass is 10.1. The molecule has 2 aromatic carbocycles. The third kappa shape index (κ3) is 7.67. The molecule has 0 bridgehead atoms. The zero-order valence-corrected chi connectivity index (χ0v) is 19.2. The second-order valence-electron chi connectivity index (χ2n) is 7.56. The minimum atomic E-state index is -4.45. The molecule has 10 heteroatoms. The minimum absolute atomic E-state index is 0.208. The Kier molecular flexibility index (Phi) is 9.10. The topological polar surface area (TPSA) is 76.7 Å². The Hall–Kier alpha value is -3.27. The molecule has 0 aromatic heterocycles. The number of benzene rings is 2. The number of nitrogens with one attached hydrogen (secondary N) is 3. The lowest BCUT2D eigenvalue weighted by Crippen LogP contribution is -2.35. The van der Waals surface area contributed by atoms with Gasteiger partial charge in [-0.1, -0.05) is 13.8 Å². The molecule has 2 aromatic rings. The zero-order valence-electron chi connectivity index (χ0n) is 19.2. The van der Waals surface area contributed by atoms with Gasteiger partial charge in [0, 0.05) is 44.2 Å². The summed E-state index contributed by atoms with van der Waals surface area (Å²) in [6.07, 6.45) is -4.45. The highest BCUT2D eigenvalue weighted by Crippen LogP contribution is 2.30. The molecule has 0 aliphatic carbocycles. The van der Waals surface area contributed by atoms with Crippen molar-refractivity contribution in [2.45, 2.75) is 20.0 Å². The van der Waals surface area contributed by atoms with Gasteiger partial charge in [0.05, 0.1) is 11.1 Å². The van der Waals surface area contributed by atoms with E-state index in [1.165, 1.54) is 12.1 Å². The summed E-state index contributed by atoms with van der Waals surface area (Å²) in [5.74, 6) is -0.266. The van der Waals surface area contributed by atoms with Gasteiger partial charge in [0.1, 0.15) is 0 Å². The molecule has 0 saturated heterocycles. The molecular formula is C23H30F3N5O2. The van der Waals surface area contributed by atoms with Crippen molar-refractivity contribution in [1.82, 2.24) is 10.2 Å². The largest absolute Gasteiger partial charge is 0.416 e. The number of hydrogen-bond acceptors (Lipinski definition) is 4. The van der Waals surface area contributed by atoms with E-state index in [0.29, 0.717) is 23.5 Å². The van der Waals surface area contributed by atoms with E-state index < -0.39 is 17.8 Å². The molecule has 0 aliphatic heterocycles. The number of anilines is 3. The Morgan fingerprint density at radius 3 is 2.03 bits per heavy atom. The van der Waals surface area contributed by atoms with Gasteiger partial charge in [0.25, 0.3) is 5.91 Å². The van der Waals surface area contributed by atoms with E-state index in [1.807, 2.05) is 14.1 Å². The normalized spacial score (nSPS) is 11.3. The molecule has 0 unspecified atom stereocenters. The van der Waals surface area contributed by atoms with E-state index >= 15 is 0 Å². The maximum Gasteiger partial charge on any atom is 0.416 e. The van der Waals surface area contributed by atoms with Crippen LogP contribution in [0.3, 0.4) is 0 Å². The molecule has 0 heterocycles. The number of rotatable bonds is 9. The van der Waals surface area contributed by atoms with Gasteiger partial charge in [-0.2, -0.15) is 13.2 Å². The van der Waals surface area contributed by atoms with Gasteiger partial charge < -0.3 is 25.8 Å². The molecule has 2 rings (SSSR count). The van der Waals surface area contributed by atoms with Crippen LogP contribution >= 0.6 is 0 Å². The molecule has 3 amide bonds. The number of nitrogens with zero attached hydrogens (tertiary/aromatic N) is 2. The molecule has 0 spiro atoms. The van der Waals surface area contributed by atoms with Gasteiger partial charge in [-0.3, -0.25) is 4.79 Å². The standard InChI is InChI=1S/C23H30F3N5O2/c1-5-31(6-2)14-13-27-21(32)19-15-18(11-12-20(19)30(3)4)29-22(33)28-17-9-7-16(8-10-17)23(24,25)26/h7-12,15H,5-6,13-14H2,1-4H3,(H,27,32)(H2,28,29,33). The zero-order chi connectivity index (χ0) is 24.6. The minimum Gasteiger partial charge on any atom is -0.377 e. The first-order valence-electron chi connectivity index (χ1n) is 10.6. The lowest BCUT2D eigenvalue weighted by Gasteiger charge is -2.20. The average molecular weight is 466 g/mol. The number of carbonyl (C=O) groups is 2. The Morgan fingerprint density at radius 2 is 1.48 bits per heavy atom. The van der Waals surface area contributed by atoms with Crippen molar-refractivity contribution in [3.05, 3.63) is 53.6 Å². The van der Waals surface area contributed by atoms with Crippen molar-refractivity contribution >= 4 is 29.0 Å². The third-order valence-electron chi connectivity index (χ3n) is 5.06. The van der Waals surface area contributed by atoms with Crippen LogP contribution in [0, 0.1) is 0 Å². The first-order valence-corrected chi connectivity index (χ1v) is 10.6. The Bertz CT molecular complexity index is 942. The molecule has 0 fully saturated rings. The van der Waals surface area contributed by atoms with E-state index in [1.54, 1.807) is 23.1 Å². The molecule has 3 N–H and O–H groups in total. The molecule has 0 saturated carbocycles. The first kappa shape index (κ1) is 26.0. The average Bonchev–Trinajstić information content (AvgIpc) is 2.76. The summed E-state index contributed by atoms with van der Waals surface area (Å²) >= 11 is 0. The smallest absolute Gasteiger partial charge is 0.377 e. The van der Waals surface area contributed by atoms with Crippen LogP contribution in [0.5, 0.6) is 0 Å². The van der Waals surface area contributed by atoms with Crippen LogP contribution in [-0.4, -0.2) is 57.1 Å². The van der Waals surface area contributed by atoms with Crippen LogP contribution in [-0.2, 0) is 6.18 Å². The summed E-state index contributed by atoms with van der Waals surface area (Å²) in [6.45, 7) is 7.11. The second-order valence-corrected chi connectivity index (χ2v) is 7.56. The Morgan fingerprint density at radius 1 is 0.909 bits per heavy atom. The number of hydrogen-bond donors (Lipinski definition) is 3. The summed E-state index contributed by atoms with van der Waals surface area (Å²) in [4.78, 5) is 29.1. The molecule has 0 aliphatic rings. The van der Waals surface area contributed by atoms with E-state index in [-0.39, 0.29) is 11.6 Å². The third-order valence-corrected chi connectivity index (χ3v) is 5.06. The Labute approximate surface area is 191 Å². The summed E-state index contributed by atoms with van der Waals surface area (Å²) in [6, 6.07) is 8.42. The molecule has 0 atom stereocenters. The van der Waals surface area contributed by atoms with Crippen LogP contribution in [0.15, 0.2) is 42.5 Å². The van der Waals surface area contributed by atoms with Crippen molar-refractivity contribution in [3.63, 3.8) is 0 Å². The van der Waals surface area contributed by atoms with Crippen molar-refractivity contribution in [3.8, 4) is 0 Å². The van der Waals surface area contributed by atoms with E-state index in [4.69, 9.17) is 0 Å². The van der Waals surface area contributed by atoms with Crippen LogP contribution < -0.4 is 20.9 Å². The summed E-state index contributed by atoms with van der Waals surface area (Å²) in [5.41, 5.74) is 0.860. The highest BCUT2D eigenvalue weighted by molar-refractivity contribution is 6.03. The number of amides is 3. The van der Waals surface area contributed by atoms with E-state index in [2.05, 4.69) is 34.7 Å². The quantitative estimate of drug-likeness (QED) is 0.510. The molecular weight excluding hydrogens is 435 g/mol. The lowest BCUT2D eigenvalue weighted by molar-refractivity contribution is -0.137. The molecule has 180 valence electrons. The molecule has 33 heavy (non-hydrogen) atoms. The fourth-order valence-electron chi connectivity index (χ4n) is 3.18. The number of urea groups is 1. The van der Waals surface area contributed by atoms with Gasteiger partial charge in [0.2, 0.25) is 0 Å². The van der Waals surface area contributed by atoms with Crippen LogP contribution in [0.25, 0.3) is 0 Å².